The van der Waals surface area contributed by atoms with Gasteiger partial charge in [-0.3, -0.25) is 0 Å². The van der Waals surface area contributed by atoms with Gasteiger partial charge in [0.05, 0.1) is 6.61 Å². The average molecular weight is 318 g/mol. The first-order valence-corrected chi connectivity index (χ1v) is 6.55. The number of hydrogen-bond donors (Lipinski definition) is 3. The van der Waals surface area contributed by atoms with Crippen molar-refractivity contribution in [3.63, 3.8) is 0 Å². The van der Waals surface area contributed by atoms with Crippen LogP contribution in [0.15, 0.2) is 10.7 Å². The maximum atomic E-state index is 9.72. The van der Waals surface area contributed by atoms with Crippen LogP contribution in [0.5, 0.6) is 0 Å². The van der Waals surface area contributed by atoms with E-state index in [-0.39, 0.29) is 18.6 Å². The minimum atomic E-state index is -1.17. The highest BCUT2D eigenvalue weighted by atomic mass is 79.9. The first-order chi connectivity index (χ1) is 8.14. The fraction of sp³-hybridized carbons (Fsp3) is 0.667. The molecule has 0 bridgehead atoms. The Hall–Kier alpha value is -0.720. The van der Waals surface area contributed by atoms with Crippen LogP contribution in [0.4, 0.5) is 5.82 Å². The summed E-state index contributed by atoms with van der Waals surface area (Å²) in [5.41, 5.74) is -1.32. The smallest absolute Gasteiger partial charge is 0.137 e. The van der Waals surface area contributed by atoms with Gasteiger partial charge in [0.25, 0.3) is 0 Å². The molecule has 6 heteroatoms. The number of aliphatic hydroxyl groups excluding tert-OH is 1. The molecule has 0 fully saturated rings. The third-order valence-corrected chi connectivity index (χ3v) is 2.76. The number of nitrogens with zero attached hydrogens (tertiary/aromatic N) is 2. The van der Waals surface area contributed by atoms with Gasteiger partial charge in [0, 0.05) is 18.0 Å². The second-order valence-electron chi connectivity index (χ2n) is 5.66. The van der Waals surface area contributed by atoms with E-state index in [4.69, 9.17) is 5.11 Å². The molecule has 0 aromatic carbocycles. The van der Waals surface area contributed by atoms with E-state index in [1.54, 1.807) is 13.0 Å². The van der Waals surface area contributed by atoms with Crippen molar-refractivity contribution < 1.29 is 10.2 Å². The second-order valence-corrected chi connectivity index (χ2v) is 6.47. The molecule has 0 radical (unpaired) electrons. The predicted molar refractivity (Wildman–Crippen MR) is 74.6 cm³/mol. The lowest BCUT2D eigenvalue weighted by molar-refractivity contribution is 0.0131. The van der Waals surface area contributed by atoms with Crippen molar-refractivity contribution in [3.8, 4) is 0 Å². The van der Waals surface area contributed by atoms with Crippen molar-refractivity contribution in [1.29, 1.82) is 0 Å². The summed E-state index contributed by atoms with van der Waals surface area (Å²) < 4.78 is 0.688. The number of aliphatic hydroxyl groups is 2. The molecule has 1 rings (SSSR count). The van der Waals surface area contributed by atoms with E-state index in [0.717, 1.165) is 0 Å². The number of hydrogen-bond acceptors (Lipinski definition) is 5. The predicted octanol–water partition coefficient (Wildman–Crippen LogP) is 1.69. The fourth-order valence-electron chi connectivity index (χ4n) is 1.18. The molecule has 0 amide bonds. The van der Waals surface area contributed by atoms with Crippen LogP contribution < -0.4 is 5.32 Å². The van der Waals surface area contributed by atoms with Crippen LogP contribution in [0, 0.1) is 0 Å². The lowest BCUT2D eigenvalue weighted by Crippen LogP contribution is -2.37. The van der Waals surface area contributed by atoms with E-state index < -0.39 is 5.60 Å². The molecule has 0 aliphatic heterocycles. The molecule has 0 aliphatic rings. The summed E-state index contributed by atoms with van der Waals surface area (Å²) in [6, 6.07) is 1.74. The molecule has 18 heavy (non-hydrogen) atoms. The molecule has 0 saturated carbocycles. The summed E-state index contributed by atoms with van der Waals surface area (Å²) in [6.45, 7) is 7.56. The van der Waals surface area contributed by atoms with Gasteiger partial charge < -0.3 is 15.5 Å². The number of rotatable bonds is 4. The highest BCUT2D eigenvalue weighted by Crippen LogP contribution is 2.22. The Morgan fingerprint density at radius 2 is 1.89 bits per heavy atom. The van der Waals surface area contributed by atoms with Crippen molar-refractivity contribution in [1.82, 2.24) is 9.97 Å². The standard InChI is InChI=1S/C12H20BrN3O2/c1-11(2,3)10-15-8(13)5-9(16-10)14-6-12(4,18)7-17/h5,17-18H,6-7H2,1-4H3,(H,14,15,16). The SMILES string of the molecule is CC(O)(CO)CNc1cc(Br)nc(C(C)(C)C)n1. The number of nitrogens with one attached hydrogen (secondary N) is 1. The van der Waals surface area contributed by atoms with E-state index in [2.05, 4.69) is 31.2 Å². The largest absolute Gasteiger partial charge is 0.393 e. The summed E-state index contributed by atoms with van der Waals surface area (Å²) in [6.07, 6.45) is 0. The fourth-order valence-corrected chi connectivity index (χ4v) is 1.57. The van der Waals surface area contributed by atoms with Crippen molar-refractivity contribution in [2.45, 2.75) is 38.7 Å². The van der Waals surface area contributed by atoms with Crippen LogP contribution in [0.2, 0.25) is 0 Å². The Balaban J connectivity index is 2.88. The minimum absolute atomic E-state index is 0.153. The van der Waals surface area contributed by atoms with Crippen LogP contribution >= 0.6 is 15.9 Å². The molecular formula is C12H20BrN3O2. The molecule has 102 valence electrons. The first-order valence-electron chi connectivity index (χ1n) is 5.76. The Labute approximate surface area is 116 Å². The molecule has 0 saturated heterocycles. The van der Waals surface area contributed by atoms with E-state index in [0.29, 0.717) is 16.2 Å². The van der Waals surface area contributed by atoms with Crippen molar-refractivity contribution >= 4 is 21.7 Å². The highest BCUT2D eigenvalue weighted by molar-refractivity contribution is 9.10. The quantitative estimate of drug-likeness (QED) is 0.737. The maximum absolute atomic E-state index is 9.72. The third kappa shape index (κ3) is 4.51. The zero-order chi connectivity index (χ0) is 14.0. The molecular weight excluding hydrogens is 298 g/mol. The monoisotopic (exact) mass is 317 g/mol. The van der Waals surface area contributed by atoms with Crippen LogP contribution in [0.1, 0.15) is 33.5 Å². The van der Waals surface area contributed by atoms with E-state index in [9.17, 15) is 5.11 Å². The van der Waals surface area contributed by atoms with Crippen LogP contribution in [0.3, 0.4) is 0 Å². The maximum Gasteiger partial charge on any atom is 0.137 e. The summed E-state index contributed by atoms with van der Waals surface area (Å²) in [4.78, 5) is 8.72. The van der Waals surface area contributed by atoms with Crippen molar-refractivity contribution in [2.24, 2.45) is 0 Å². The number of aromatic nitrogens is 2. The van der Waals surface area contributed by atoms with Gasteiger partial charge in [-0.2, -0.15) is 0 Å². The molecule has 1 heterocycles. The molecule has 1 aromatic rings. The van der Waals surface area contributed by atoms with Crippen LogP contribution in [-0.2, 0) is 5.41 Å². The van der Waals surface area contributed by atoms with Crippen molar-refractivity contribution in [3.05, 3.63) is 16.5 Å². The molecule has 1 atom stereocenters. The highest BCUT2D eigenvalue weighted by Gasteiger charge is 2.21. The molecule has 1 unspecified atom stereocenters. The Kier molecular flexibility index (Phi) is 4.69. The van der Waals surface area contributed by atoms with Gasteiger partial charge in [0.2, 0.25) is 0 Å². The van der Waals surface area contributed by atoms with Gasteiger partial charge in [0.15, 0.2) is 0 Å². The van der Waals surface area contributed by atoms with E-state index in [1.165, 1.54) is 0 Å². The molecule has 0 spiro atoms. The average Bonchev–Trinajstić information content (AvgIpc) is 2.25. The number of halogens is 1. The van der Waals surface area contributed by atoms with E-state index >= 15 is 0 Å². The minimum Gasteiger partial charge on any atom is -0.393 e. The number of anilines is 1. The molecule has 0 aliphatic carbocycles. The normalized spacial score (nSPS) is 15.3. The summed E-state index contributed by atoms with van der Waals surface area (Å²) >= 11 is 3.34. The zero-order valence-electron chi connectivity index (χ0n) is 11.2. The van der Waals surface area contributed by atoms with Gasteiger partial charge in [-0.05, 0) is 22.9 Å². The van der Waals surface area contributed by atoms with Gasteiger partial charge >= 0.3 is 0 Å². The Bertz CT molecular complexity index is 416. The van der Waals surface area contributed by atoms with Crippen molar-refractivity contribution in [2.75, 3.05) is 18.5 Å². The summed E-state index contributed by atoms with van der Waals surface area (Å²) in [5, 5.41) is 21.7. The zero-order valence-corrected chi connectivity index (χ0v) is 12.7. The Morgan fingerprint density at radius 3 is 2.39 bits per heavy atom. The Morgan fingerprint density at radius 1 is 1.28 bits per heavy atom. The summed E-state index contributed by atoms with van der Waals surface area (Å²) in [5.74, 6) is 1.33. The molecule has 1 aromatic heterocycles. The van der Waals surface area contributed by atoms with Gasteiger partial charge in [-0.15, -0.1) is 0 Å². The lowest BCUT2D eigenvalue weighted by Gasteiger charge is -2.22. The molecule has 5 nitrogen and oxygen atoms in total. The molecule has 3 N–H and O–H groups in total. The summed E-state index contributed by atoms with van der Waals surface area (Å²) in [7, 11) is 0. The second kappa shape index (κ2) is 5.50. The topological polar surface area (TPSA) is 78.3 Å². The van der Waals surface area contributed by atoms with Gasteiger partial charge in [0.1, 0.15) is 21.8 Å². The first kappa shape index (κ1) is 15.3. The lowest BCUT2D eigenvalue weighted by atomic mass is 9.96. The van der Waals surface area contributed by atoms with Gasteiger partial charge in [-0.25, -0.2) is 9.97 Å². The van der Waals surface area contributed by atoms with Crippen LogP contribution in [0.25, 0.3) is 0 Å². The van der Waals surface area contributed by atoms with E-state index in [1.807, 2.05) is 20.8 Å². The third-order valence-electron chi connectivity index (χ3n) is 2.36. The van der Waals surface area contributed by atoms with Crippen LogP contribution in [-0.4, -0.2) is 38.9 Å². The van der Waals surface area contributed by atoms with Gasteiger partial charge in [-0.1, -0.05) is 20.8 Å².